The van der Waals surface area contributed by atoms with E-state index in [1.165, 1.54) is 18.4 Å². The molecule has 1 N–H and O–H groups in total. The van der Waals surface area contributed by atoms with Crippen molar-refractivity contribution in [2.45, 2.75) is 65.8 Å². The molecule has 1 atom stereocenters. The molecule has 21 heavy (non-hydrogen) atoms. The third-order valence-electron chi connectivity index (χ3n) is 4.09. The zero-order chi connectivity index (χ0) is 15.9. The Hall–Kier alpha value is -1.02. The van der Waals surface area contributed by atoms with Crippen molar-refractivity contribution in [3.8, 4) is 5.75 Å². The normalized spacial score (nSPS) is 13.5. The molecule has 120 valence electrons. The first-order valence-electron chi connectivity index (χ1n) is 8.39. The molecule has 0 aliphatic rings. The summed E-state index contributed by atoms with van der Waals surface area (Å²) in [5.41, 5.74) is 1.58. The molecule has 0 radical (unpaired) electrons. The van der Waals surface area contributed by atoms with Crippen molar-refractivity contribution < 1.29 is 4.74 Å². The smallest absolute Gasteiger partial charge is 0.119 e. The van der Waals surface area contributed by atoms with Gasteiger partial charge < -0.3 is 10.1 Å². The van der Waals surface area contributed by atoms with Crippen LogP contribution in [0.15, 0.2) is 24.3 Å². The highest BCUT2D eigenvalue weighted by molar-refractivity contribution is 5.30. The average molecular weight is 291 g/mol. The molecule has 0 heterocycles. The van der Waals surface area contributed by atoms with E-state index < -0.39 is 0 Å². The highest BCUT2D eigenvalue weighted by atomic mass is 16.5. The first-order chi connectivity index (χ1) is 9.91. The molecule has 1 rings (SSSR count). The number of hydrogen-bond acceptors (Lipinski definition) is 2. The van der Waals surface area contributed by atoms with Crippen molar-refractivity contribution in [2.75, 3.05) is 13.2 Å². The molecule has 0 bridgehead atoms. The van der Waals surface area contributed by atoms with Crippen LogP contribution in [0.1, 0.15) is 65.9 Å². The Bertz CT molecular complexity index is 387. The summed E-state index contributed by atoms with van der Waals surface area (Å²) in [6.07, 6.45) is 2.44. The van der Waals surface area contributed by atoms with E-state index in [2.05, 4.69) is 64.2 Å². The number of rotatable bonds is 8. The summed E-state index contributed by atoms with van der Waals surface area (Å²) in [6.45, 7) is 15.1. The van der Waals surface area contributed by atoms with E-state index in [0.717, 1.165) is 24.8 Å². The van der Waals surface area contributed by atoms with Crippen LogP contribution in [0, 0.1) is 5.92 Å². The molecule has 0 saturated heterocycles. The van der Waals surface area contributed by atoms with Crippen LogP contribution in [-0.4, -0.2) is 18.7 Å². The predicted octanol–water partition coefficient (Wildman–Crippen LogP) is 4.99. The van der Waals surface area contributed by atoms with E-state index in [4.69, 9.17) is 4.74 Å². The zero-order valence-corrected chi connectivity index (χ0v) is 14.7. The highest BCUT2D eigenvalue weighted by Gasteiger charge is 2.22. The zero-order valence-electron chi connectivity index (χ0n) is 14.7. The van der Waals surface area contributed by atoms with Crippen LogP contribution in [0.3, 0.4) is 0 Å². The molecule has 0 fully saturated rings. The summed E-state index contributed by atoms with van der Waals surface area (Å²) >= 11 is 0. The van der Waals surface area contributed by atoms with Gasteiger partial charge in [-0.1, -0.05) is 38.8 Å². The van der Waals surface area contributed by atoms with Crippen LogP contribution >= 0.6 is 0 Å². The Balaban J connectivity index is 2.88. The van der Waals surface area contributed by atoms with Gasteiger partial charge in [0, 0.05) is 12.1 Å². The summed E-state index contributed by atoms with van der Waals surface area (Å²) in [6, 6.07) is 8.67. The van der Waals surface area contributed by atoms with Gasteiger partial charge in [-0.15, -0.1) is 0 Å². The summed E-state index contributed by atoms with van der Waals surface area (Å²) in [5.74, 6) is 2.25. The molecule has 2 heteroatoms. The molecular weight excluding hydrogens is 258 g/mol. The van der Waals surface area contributed by atoms with E-state index in [-0.39, 0.29) is 5.54 Å². The lowest BCUT2D eigenvalue weighted by Gasteiger charge is -2.30. The van der Waals surface area contributed by atoms with Gasteiger partial charge in [0.15, 0.2) is 0 Å². The summed E-state index contributed by atoms with van der Waals surface area (Å²) in [7, 11) is 0. The van der Waals surface area contributed by atoms with Gasteiger partial charge in [0.25, 0.3) is 0 Å². The first kappa shape index (κ1) is 18.0. The summed E-state index contributed by atoms with van der Waals surface area (Å²) < 4.78 is 5.55. The molecule has 2 nitrogen and oxygen atoms in total. The van der Waals surface area contributed by atoms with Gasteiger partial charge in [0.05, 0.1) is 6.61 Å². The number of ether oxygens (including phenoxy) is 1. The van der Waals surface area contributed by atoms with Crippen LogP contribution in [0.25, 0.3) is 0 Å². The number of hydrogen-bond donors (Lipinski definition) is 1. The third-order valence-corrected chi connectivity index (χ3v) is 4.09. The predicted molar refractivity (Wildman–Crippen MR) is 92.2 cm³/mol. The van der Waals surface area contributed by atoms with E-state index in [1.807, 2.05) is 6.92 Å². The molecule has 0 aromatic heterocycles. The SMILES string of the molecule is CCOc1ccc(C(CNC(C)(C)C)C(CC)CC)cc1. The minimum atomic E-state index is 0.162. The van der Waals surface area contributed by atoms with Gasteiger partial charge in [-0.25, -0.2) is 0 Å². The third kappa shape index (κ3) is 6.09. The summed E-state index contributed by atoms with van der Waals surface area (Å²) in [5, 5.41) is 3.68. The van der Waals surface area contributed by atoms with Crippen molar-refractivity contribution in [3.63, 3.8) is 0 Å². The Morgan fingerprint density at radius 3 is 2.00 bits per heavy atom. The second-order valence-electron chi connectivity index (χ2n) is 6.82. The van der Waals surface area contributed by atoms with Gasteiger partial charge in [0.1, 0.15) is 5.75 Å². The van der Waals surface area contributed by atoms with Crippen molar-refractivity contribution >= 4 is 0 Å². The molecule has 1 aromatic carbocycles. The van der Waals surface area contributed by atoms with Crippen LogP contribution in [0.4, 0.5) is 0 Å². The second-order valence-corrected chi connectivity index (χ2v) is 6.82. The summed E-state index contributed by atoms with van der Waals surface area (Å²) in [4.78, 5) is 0. The fourth-order valence-corrected chi connectivity index (χ4v) is 2.81. The highest BCUT2D eigenvalue weighted by Crippen LogP contribution is 2.30. The molecule has 1 unspecified atom stereocenters. The lowest BCUT2D eigenvalue weighted by atomic mass is 9.82. The standard InChI is InChI=1S/C19H33NO/c1-7-15(8-2)18(14-20-19(4,5)6)16-10-12-17(13-11-16)21-9-3/h10-13,15,18,20H,7-9,14H2,1-6H3. The van der Waals surface area contributed by atoms with Crippen molar-refractivity contribution in [3.05, 3.63) is 29.8 Å². The number of benzene rings is 1. The van der Waals surface area contributed by atoms with E-state index in [0.29, 0.717) is 5.92 Å². The minimum Gasteiger partial charge on any atom is -0.494 e. The molecular formula is C19H33NO. The maximum atomic E-state index is 5.55. The molecule has 0 amide bonds. The fourth-order valence-electron chi connectivity index (χ4n) is 2.81. The van der Waals surface area contributed by atoms with Crippen molar-refractivity contribution in [1.82, 2.24) is 5.32 Å². The molecule has 0 aliphatic heterocycles. The molecule has 0 spiro atoms. The van der Waals surface area contributed by atoms with E-state index >= 15 is 0 Å². The molecule has 0 aliphatic carbocycles. The van der Waals surface area contributed by atoms with Crippen LogP contribution in [0.2, 0.25) is 0 Å². The Morgan fingerprint density at radius 1 is 1.00 bits per heavy atom. The molecule has 1 aromatic rings. The minimum absolute atomic E-state index is 0.162. The maximum Gasteiger partial charge on any atom is 0.119 e. The quantitative estimate of drug-likeness (QED) is 0.728. The Labute approximate surface area is 131 Å². The average Bonchev–Trinajstić information content (AvgIpc) is 2.44. The Kier molecular flexibility index (Phi) is 7.24. The first-order valence-corrected chi connectivity index (χ1v) is 8.39. The van der Waals surface area contributed by atoms with Crippen molar-refractivity contribution in [1.29, 1.82) is 0 Å². The molecule has 0 saturated carbocycles. The topological polar surface area (TPSA) is 21.3 Å². The van der Waals surface area contributed by atoms with Gasteiger partial charge in [-0.05, 0) is 57.2 Å². The lowest BCUT2D eigenvalue weighted by Crippen LogP contribution is -2.40. The van der Waals surface area contributed by atoms with Crippen LogP contribution in [0.5, 0.6) is 5.75 Å². The maximum absolute atomic E-state index is 5.55. The van der Waals surface area contributed by atoms with Gasteiger partial charge in [-0.3, -0.25) is 0 Å². The van der Waals surface area contributed by atoms with Crippen LogP contribution in [-0.2, 0) is 0 Å². The largest absolute Gasteiger partial charge is 0.494 e. The Morgan fingerprint density at radius 2 is 1.57 bits per heavy atom. The van der Waals surface area contributed by atoms with Gasteiger partial charge in [-0.2, -0.15) is 0 Å². The second kappa shape index (κ2) is 8.43. The lowest BCUT2D eigenvalue weighted by molar-refractivity contribution is 0.331. The van der Waals surface area contributed by atoms with Gasteiger partial charge in [0.2, 0.25) is 0 Å². The monoisotopic (exact) mass is 291 g/mol. The van der Waals surface area contributed by atoms with Crippen LogP contribution < -0.4 is 10.1 Å². The van der Waals surface area contributed by atoms with Gasteiger partial charge >= 0.3 is 0 Å². The van der Waals surface area contributed by atoms with E-state index in [1.54, 1.807) is 0 Å². The van der Waals surface area contributed by atoms with Crippen molar-refractivity contribution in [2.24, 2.45) is 5.92 Å². The fraction of sp³-hybridized carbons (Fsp3) is 0.684. The van der Waals surface area contributed by atoms with E-state index in [9.17, 15) is 0 Å². The number of nitrogens with one attached hydrogen (secondary N) is 1.